The van der Waals surface area contributed by atoms with Crippen LogP contribution in [0, 0.1) is 5.92 Å². The number of benzene rings is 1. The normalized spacial score (nSPS) is 21.0. The van der Waals surface area contributed by atoms with Gasteiger partial charge >= 0.3 is 0 Å². The molecule has 116 valence electrons. The van der Waals surface area contributed by atoms with E-state index in [0.717, 1.165) is 43.2 Å². The van der Waals surface area contributed by atoms with E-state index >= 15 is 0 Å². The molecule has 1 aliphatic heterocycles. The van der Waals surface area contributed by atoms with E-state index in [4.69, 9.17) is 0 Å². The number of carbonyl (C=O) groups is 1. The Hall–Kier alpha value is -0.580. The van der Waals surface area contributed by atoms with Crippen LogP contribution in [0.15, 0.2) is 28.7 Å². The maximum Gasteiger partial charge on any atom is 0.223 e. The fourth-order valence-corrected chi connectivity index (χ4v) is 3.47. The monoisotopic (exact) mass is 372 g/mol. The Morgan fingerprint density at radius 1 is 1.19 bits per heavy atom. The van der Waals surface area contributed by atoms with Crippen LogP contribution >= 0.6 is 28.3 Å². The maximum atomic E-state index is 12.5. The molecule has 1 aliphatic carbocycles. The lowest BCUT2D eigenvalue weighted by Crippen LogP contribution is -2.53. The Balaban J connectivity index is 0.00000161. The van der Waals surface area contributed by atoms with Crippen LogP contribution in [-0.2, 0) is 10.3 Å². The van der Waals surface area contributed by atoms with Crippen molar-refractivity contribution in [3.63, 3.8) is 0 Å². The average molecular weight is 374 g/mol. The van der Waals surface area contributed by atoms with Crippen LogP contribution in [0.1, 0.15) is 37.7 Å². The summed E-state index contributed by atoms with van der Waals surface area (Å²) < 4.78 is 1.08. The van der Waals surface area contributed by atoms with Crippen LogP contribution in [-0.4, -0.2) is 19.0 Å². The average Bonchev–Trinajstić information content (AvgIpc) is 2.45. The second-order valence-corrected chi connectivity index (χ2v) is 6.87. The van der Waals surface area contributed by atoms with E-state index < -0.39 is 0 Å². The third kappa shape index (κ3) is 3.61. The number of rotatable bonds is 3. The minimum Gasteiger partial charge on any atom is -0.346 e. The van der Waals surface area contributed by atoms with Crippen molar-refractivity contribution in [2.24, 2.45) is 5.92 Å². The Morgan fingerprint density at radius 2 is 1.81 bits per heavy atom. The highest BCUT2D eigenvalue weighted by Gasteiger charge is 2.41. The van der Waals surface area contributed by atoms with E-state index in [9.17, 15) is 4.79 Å². The molecule has 1 aromatic rings. The molecule has 1 amide bonds. The summed E-state index contributed by atoms with van der Waals surface area (Å²) in [4.78, 5) is 12.5. The predicted octanol–water partition coefficient (Wildman–Crippen LogP) is 3.37. The highest BCUT2D eigenvalue weighted by atomic mass is 79.9. The van der Waals surface area contributed by atoms with Gasteiger partial charge in [-0.2, -0.15) is 0 Å². The zero-order valence-corrected chi connectivity index (χ0v) is 14.4. The molecule has 21 heavy (non-hydrogen) atoms. The van der Waals surface area contributed by atoms with E-state index in [1.165, 1.54) is 12.0 Å². The van der Waals surface area contributed by atoms with Crippen molar-refractivity contribution < 1.29 is 4.79 Å². The van der Waals surface area contributed by atoms with Crippen molar-refractivity contribution in [3.05, 3.63) is 34.3 Å². The lowest BCUT2D eigenvalue weighted by molar-refractivity contribution is -0.129. The second kappa shape index (κ2) is 7.12. The zero-order valence-electron chi connectivity index (χ0n) is 12.0. The molecule has 1 heterocycles. The van der Waals surface area contributed by atoms with Gasteiger partial charge in [-0.05, 0) is 62.9 Å². The first kappa shape index (κ1) is 16.8. The van der Waals surface area contributed by atoms with Crippen LogP contribution in [0.5, 0.6) is 0 Å². The third-order valence-corrected chi connectivity index (χ3v) is 5.20. The lowest BCUT2D eigenvalue weighted by atomic mass is 9.71. The first-order valence-electron chi connectivity index (χ1n) is 7.48. The summed E-state index contributed by atoms with van der Waals surface area (Å²) >= 11 is 3.47. The second-order valence-electron chi connectivity index (χ2n) is 5.96. The quantitative estimate of drug-likeness (QED) is 0.853. The predicted molar refractivity (Wildman–Crippen MR) is 90.7 cm³/mol. The number of halogens is 2. The molecule has 3 nitrogen and oxygen atoms in total. The van der Waals surface area contributed by atoms with Gasteiger partial charge in [-0.1, -0.05) is 28.1 Å². The summed E-state index contributed by atoms with van der Waals surface area (Å²) in [7, 11) is 0. The molecule has 2 fully saturated rings. The van der Waals surface area contributed by atoms with Gasteiger partial charge in [-0.15, -0.1) is 12.4 Å². The lowest BCUT2D eigenvalue weighted by Gasteiger charge is -2.44. The van der Waals surface area contributed by atoms with Crippen molar-refractivity contribution in [2.45, 2.75) is 37.6 Å². The van der Waals surface area contributed by atoms with Crippen LogP contribution in [0.3, 0.4) is 0 Å². The van der Waals surface area contributed by atoms with Gasteiger partial charge in [-0.25, -0.2) is 0 Å². The minimum atomic E-state index is -0.108. The van der Waals surface area contributed by atoms with Crippen LogP contribution < -0.4 is 10.6 Å². The Kier molecular flexibility index (Phi) is 5.69. The number of amides is 1. The Morgan fingerprint density at radius 3 is 2.33 bits per heavy atom. The number of hydrogen-bond acceptors (Lipinski definition) is 2. The van der Waals surface area contributed by atoms with Gasteiger partial charge in [0, 0.05) is 10.4 Å². The highest BCUT2D eigenvalue weighted by Crippen LogP contribution is 2.42. The summed E-state index contributed by atoms with van der Waals surface area (Å²) in [6, 6.07) is 8.38. The molecule has 2 aliphatic rings. The molecule has 5 heteroatoms. The van der Waals surface area contributed by atoms with Gasteiger partial charge in [-0.3, -0.25) is 4.79 Å². The summed E-state index contributed by atoms with van der Waals surface area (Å²) in [5.41, 5.74) is 1.14. The van der Waals surface area contributed by atoms with Gasteiger partial charge in [0.15, 0.2) is 0 Å². The fourth-order valence-electron chi connectivity index (χ4n) is 3.21. The molecule has 1 aromatic carbocycles. The van der Waals surface area contributed by atoms with E-state index in [0.29, 0.717) is 0 Å². The van der Waals surface area contributed by atoms with E-state index in [2.05, 4.69) is 50.8 Å². The van der Waals surface area contributed by atoms with Crippen molar-refractivity contribution in [1.29, 1.82) is 0 Å². The van der Waals surface area contributed by atoms with E-state index in [1.54, 1.807) is 0 Å². The molecule has 0 bridgehead atoms. The smallest absolute Gasteiger partial charge is 0.223 e. The van der Waals surface area contributed by atoms with Gasteiger partial charge in [0.25, 0.3) is 0 Å². The fraction of sp³-hybridized carbons (Fsp3) is 0.562. The summed E-state index contributed by atoms with van der Waals surface area (Å²) in [6.07, 6.45) is 5.24. The molecular weight excluding hydrogens is 352 g/mol. The van der Waals surface area contributed by atoms with Gasteiger partial charge in [0.1, 0.15) is 0 Å². The summed E-state index contributed by atoms with van der Waals surface area (Å²) in [6.45, 7) is 1.92. The molecule has 0 atom stereocenters. The van der Waals surface area contributed by atoms with E-state index in [1.807, 2.05) is 0 Å². The number of nitrogens with one attached hydrogen (secondary N) is 2. The maximum absolute atomic E-state index is 12.5. The molecule has 1 saturated carbocycles. The van der Waals surface area contributed by atoms with Crippen LogP contribution in [0.2, 0.25) is 0 Å². The van der Waals surface area contributed by atoms with Crippen LogP contribution in [0.25, 0.3) is 0 Å². The SMILES string of the molecule is Cl.O=C(NC1(c2ccc(Br)cc2)CCC1)C1CCNCC1. The van der Waals surface area contributed by atoms with E-state index in [-0.39, 0.29) is 29.8 Å². The summed E-state index contributed by atoms with van der Waals surface area (Å²) in [5, 5.41) is 6.67. The Labute approximate surface area is 140 Å². The van der Waals surface area contributed by atoms with Crippen molar-refractivity contribution in [3.8, 4) is 0 Å². The first-order chi connectivity index (χ1) is 9.70. The molecule has 2 N–H and O–H groups in total. The molecular formula is C16H22BrClN2O. The molecule has 3 rings (SSSR count). The molecule has 1 saturated heterocycles. The van der Waals surface area contributed by atoms with Crippen LogP contribution in [0.4, 0.5) is 0 Å². The number of piperidine rings is 1. The molecule has 0 unspecified atom stereocenters. The van der Waals surface area contributed by atoms with Crippen molar-refractivity contribution in [2.75, 3.05) is 13.1 Å². The van der Waals surface area contributed by atoms with Gasteiger partial charge in [0.2, 0.25) is 5.91 Å². The van der Waals surface area contributed by atoms with Crippen molar-refractivity contribution in [1.82, 2.24) is 10.6 Å². The molecule has 0 spiro atoms. The topological polar surface area (TPSA) is 41.1 Å². The summed E-state index contributed by atoms with van der Waals surface area (Å²) in [5.74, 6) is 0.429. The molecule has 0 radical (unpaired) electrons. The number of hydrogen-bond donors (Lipinski definition) is 2. The highest BCUT2D eigenvalue weighted by molar-refractivity contribution is 9.10. The first-order valence-corrected chi connectivity index (χ1v) is 8.28. The Bertz CT molecular complexity index is 482. The molecule has 0 aromatic heterocycles. The van der Waals surface area contributed by atoms with Crippen molar-refractivity contribution >= 4 is 34.2 Å². The standard InChI is InChI=1S/C16H21BrN2O.ClH/c17-14-4-2-13(3-5-14)16(8-1-9-16)19-15(20)12-6-10-18-11-7-12;/h2-5,12,18H,1,6-11H2,(H,19,20);1H. The third-order valence-electron chi connectivity index (χ3n) is 4.68. The zero-order chi connectivity index (χ0) is 14.0. The van der Waals surface area contributed by atoms with Gasteiger partial charge in [0.05, 0.1) is 5.54 Å². The minimum absolute atomic E-state index is 0. The largest absolute Gasteiger partial charge is 0.346 e. The number of carbonyl (C=O) groups excluding carboxylic acids is 1. The van der Waals surface area contributed by atoms with Gasteiger partial charge < -0.3 is 10.6 Å².